The van der Waals surface area contributed by atoms with Gasteiger partial charge in [0.1, 0.15) is 5.65 Å². The van der Waals surface area contributed by atoms with Crippen LogP contribution in [0, 0.1) is 0 Å². The van der Waals surface area contributed by atoms with Crippen LogP contribution in [0.5, 0.6) is 0 Å². The number of aromatic amines is 1. The quantitative estimate of drug-likeness (QED) is 0.484. The van der Waals surface area contributed by atoms with Crippen molar-refractivity contribution in [3.63, 3.8) is 0 Å². The molecule has 0 atom stereocenters. The summed E-state index contributed by atoms with van der Waals surface area (Å²) in [5.41, 5.74) is 4.02. The van der Waals surface area contributed by atoms with Gasteiger partial charge in [0.05, 0.1) is 10.0 Å². The molecular formula is C20H20Cl2N2. The Morgan fingerprint density at radius 3 is 2.29 bits per heavy atom. The Morgan fingerprint density at radius 2 is 1.67 bits per heavy atom. The van der Waals surface area contributed by atoms with Crippen molar-refractivity contribution in [2.24, 2.45) is 0 Å². The first-order valence-corrected chi connectivity index (χ1v) is 8.48. The van der Waals surface area contributed by atoms with Crippen LogP contribution in [0.1, 0.15) is 26.3 Å². The first-order chi connectivity index (χ1) is 11.6. The van der Waals surface area contributed by atoms with Crippen molar-refractivity contribution < 1.29 is 0 Å². The summed E-state index contributed by atoms with van der Waals surface area (Å²) in [6.07, 6.45) is 11.8. The Hall–Kier alpha value is -2.03. The van der Waals surface area contributed by atoms with Crippen molar-refractivity contribution in [3.8, 4) is 11.1 Å². The number of halogens is 2. The fraction of sp³-hybridized carbons (Fsp3) is 0.150. The van der Waals surface area contributed by atoms with Crippen molar-refractivity contribution in [2.45, 2.75) is 20.8 Å². The fourth-order valence-corrected chi connectivity index (χ4v) is 2.47. The topological polar surface area (TPSA) is 28.7 Å². The zero-order valence-corrected chi connectivity index (χ0v) is 15.5. The minimum absolute atomic E-state index is 0.548. The number of H-pyrrole nitrogens is 1. The molecule has 0 saturated carbocycles. The molecule has 124 valence electrons. The van der Waals surface area contributed by atoms with Crippen LogP contribution in [-0.4, -0.2) is 9.97 Å². The summed E-state index contributed by atoms with van der Waals surface area (Å²) < 4.78 is 0. The summed E-state index contributed by atoms with van der Waals surface area (Å²) in [6.45, 7) is 6.00. The van der Waals surface area contributed by atoms with Gasteiger partial charge in [-0.25, -0.2) is 4.98 Å². The summed E-state index contributed by atoms with van der Waals surface area (Å²) in [7, 11) is 0. The van der Waals surface area contributed by atoms with E-state index in [2.05, 4.69) is 22.1 Å². The van der Waals surface area contributed by atoms with Crippen LogP contribution in [0.15, 0.2) is 54.9 Å². The lowest BCUT2D eigenvalue weighted by Gasteiger charge is -2.04. The summed E-state index contributed by atoms with van der Waals surface area (Å²) in [5.74, 6) is 0. The molecule has 0 aliphatic heterocycles. The second kappa shape index (κ2) is 8.72. The van der Waals surface area contributed by atoms with Crippen LogP contribution in [0.2, 0.25) is 10.0 Å². The van der Waals surface area contributed by atoms with Gasteiger partial charge >= 0.3 is 0 Å². The minimum Gasteiger partial charge on any atom is -0.346 e. The van der Waals surface area contributed by atoms with E-state index in [1.54, 1.807) is 6.07 Å². The first-order valence-electron chi connectivity index (χ1n) is 7.73. The van der Waals surface area contributed by atoms with E-state index < -0.39 is 0 Å². The van der Waals surface area contributed by atoms with Crippen LogP contribution >= 0.6 is 23.2 Å². The molecule has 0 aliphatic carbocycles. The molecule has 2 heterocycles. The van der Waals surface area contributed by atoms with Crippen LogP contribution < -0.4 is 0 Å². The Morgan fingerprint density at radius 1 is 0.917 bits per heavy atom. The van der Waals surface area contributed by atoms with Crippen molar-refractivity contribution in [2.75, 3.05) is 0 Å². The molecule has 2 nitrogen and oxygen atoms in total. The number of hydrogen-bond acceptors (Lipinski definition) is 1. The highest BCUT2D eigenvalue weighted by atomic mass is 35.5. The number of aromatic nitrogens is 2. The standard InChI is InChI=1S/C16H12Cl2N2.C4H8/c1-2-3-11-8-19-16-13(11)6-12(9-20-16)10-4-5-14(17)15(18)7-10;1-3-4-2/h2-9H,1H3,(H,19,20);3-4H,1-2H3/b3-2+;4-3-. The highest BCUT2D eigenvalue weighted by Crippen LogP contribution is 2.30. The first kappa shape index (κ1) is 18.3. The molecule has 1 N–H and O–H groups in total. The van der Waals surface area contributed by atoms with Gasteiger partial charge in [-0.05, 0) is 44.5 Å². The number of rotatable bonds is 2. The van der Waals surface area contributed by atoms with Gasteiger partial charge in [-0.1, -0.05) is 53.6 Å². The second-order valence-electron chi connectivity index (χ2n) is 5.16. The average molecular weight is 359 g/mol. The zero-order valence-electron chi connectivity index (χ0n) is 14.0. The molecule has 3 aromatic rings. The largest absolute Gasteiger partial charge is 0.346 e. The van der Waals surface area contributed by atoms with Gasteiger partial charge in [0.15, 0.2) is 0 Å². The molecule has 3 rings (SSSR count). The van der Waals surface area contributed by atoms with Gasteiger partial charge in [0.2, 0.25) is 0 Å². The Kier molecular flexibility index (Phi) is 6.65. The van der Waals surface area contributed by atoms with Gasteiger partial charge < -0.3 is 4.98 Å². The van der Waals surface area contributed by atoms with E-state index in [1.807, 2.05) is 63.5 Å². The maximum Gasteiger partial charge on any atom is 0.137 e. The van der Waals surface area contributed by atoms with E-state index in [9.17, 15) is 0 Å². The lowest BCUT2D eigenvalue weighted by molar-refractivity contribution is 1.32. The molecule has 0 fully saturated rings. The summed E-state index contributed by atoms with van der Waals surface area (Å²) in [6, 6.07) is 7.70. The van der Waals surface area contributed by atoms with Crippen molar-refractivity contribution >= 4 is 40.3 Å². The highest BCUT2D eigenvalue weighted by Gasteiger charge is 2.07. The van der Waals surface area contributed by atoms with Crippen molar-refractivity contribution in [1.29, 1.82) is 0 Å². The highest BCUT2D eigenvalue weighted by molar-refractivity contribution is 6.42. The smallest absolute Gasteiger partial charge is 0.137 e. The Labute approximate surface area is 152 Å². The molecule has 0 saturated heterocycles. The third kappa shape index (κ3) is 4.28. The Balaban J connectivity index is 0.000000471. The number of allylic oxidation sites excluding steroid dienone is 3. The monoisotopic (exact) mass is 358 g/mol. The third-order valence-corrected chi connectivity index (χ3v) is 4.23. The second-order valence-corrected chi connectivity index (χ2v) is 5.97. The molecule has 0 bridgehead atoms. The van der Waals surface area contributed by atoms with Gasteiger partial charge in [-0.2, -0.15) is 0 Å². The molecule has 1 aromatic carbocycles. The van der Waals surface area contributed by atoms with E-state index in [4.69, 9.17) is 23.2 Å². The molecule has 0 spiro atoms. The number of pyridine rings is 1. The van der Waals surface area contributed by atoms with Crippen molar-refractivity contribution in [3.05, 3.63) is 70.5 Å². The maximum atomic E-state index is 6.07. The van der Waals surface area contributed by atoms with Gasteiger partial charge in [0, 0.05) is 28.9 Å². The molecular weight excluding hydrogens is 339 g/mol. The van der Waals surface area contributed by atoms with Crippen LogP contribution in [0.4, 0.5) is 0 Å². The predicted molar refractivity (Wildman–Crippen MR) is 107 cm³/mol. The SMILES string of the molecule is C/C=C/c1c[nH]c2ncc(-c3ccc(Cl)c(Cl)c3)cc12.C/C=C\C. The van der Waals surface area contributed by atoms with E-state index >= 15 is 0 Å². The summed E-state index contributed by atoms with van der Waals surface area (Å²) in [5, 5.41) is 2.19. The van der Waals surface area contributed by atoms with E-state index in [0.29, 0.717) is 10.0 Å². The Bertz CT molecular complexity index is 872. The number of nitrogens with zero attached hydrogens (tertiary/aromatic N) is 1. The maximum absolute atomic E-state index is 6.07. The molecule has 0 unspecified atom stereocenters. The van der Waals surface area contributed by atoms with Gasteiger partial charge in [-0.15, -0.1) is 0 Å². The van der Waals surface area contributed by atoms with Crippen LogP contribution in [0.3, 0.4) is 0 Å². The predicted octanol–water partition coefficient (Wildman–Crippen LogP) is 7.15. The molecule has 0 amide bonds. The lowest BCUT2D eigenvalue weighted by Crippen LogP contribution is -1.83. The lowest BCUT2D eigenvalue weighted by atomic mass is 10.1. The summed E-state index contributed by atoms with van der Waals surface area (Å²) >= 11 is 12.0. The third-order valence-electron chi connectivity index (χ3n) is 3.50. The molecule has 0 radical (unpaired) electrons. The number of nitrogens with one attached hydrogen (secondary N) is 1. The van der Waals surface area contributed by atoms with E-state index in [-0.39, 0.29) is 0 Å². The normalized spacial score (nSPS) is 11.2. The number of fused-ring (bicyclic) bond motifs is 1. The minimum atomic E-state index is 0.548. The van der Waals surface area contributed by atoms with Crippen LogP contribution in [0.25, 0.3) is 28.2 Å². The van der Waals surface area contributed by atoms with E-state index in [1.165, 1.54) is 0 Å². The molecule has 0 aliphatic rings. The van der Waals surface area contributed by atoms with E-state index in [0.717, 1.165) is 27.7 Å². The fourth-order valence-electron chi connectivity index (χ4n) is 2.17. The average Bonchev–Trinajstić information content (AvgIpc) is 3.00. The van der Waals surface area contributed by atoms with Gasteiger partial charge in [-0.3, -0.25) is 0 Å². The zero-order chi connectivity index (χ0) is 17.5. The number of benzene rings is 1. The van der Waals surface area contributed by atoms with Crippen molar-refractivity contribution in [1.82, 2.24) is 9.97 Å². The molecule has 24 heavy (non-hydrogen) atoms. The summed E-state index contributed by atoms with van der Waals surface area (Å²) in [4.78, 5) is 7.61. The molecule has 4 heteroatoms. The molecule has 2 aromatic heterocycles. The van der Waals surface area contributed by atoms with Crippen LogP contribution in [-0.2, 0) is 0 Å². The number of hydrogen-bond donors (Lipinski definition) is 1. The van der Waals surface area contributed by atoms with Gasteiger partial charge in [0.25, 0.3) is 0 Å².